The van der Waals surface area contributed by atoms with Crippen LogP contribution in [-0.2, 0) is 4.79 Å². The minimum Gasteiger partial charge on any atom is -0.386 e. The maximum Gasteiger partial charge on any atom is 0.245 e. The lowest BCUT2D eigenvalue weighted by Crippen LogP contribution is -2.65. The first-order chi connectivity index (χ1) is 8.60. The molecule has 3 nitrogen and oxygen atoms in total. The van der Waals surface area contributed by atoms with E-state index in [1.165, 1.54) is 0 Å². The lowest BCUT2D eigenvalue weighted by molar-refractivity contribution is -0.159. The maximum atomic E-state index is 12.1. The van der Waals surface area contributed by atoms with E-state index in [9.17, 15) is 9.90 Å². The number of aliphatic hydroxyl groups is 1. The summed E-state index contributed by atoms with van der Waals surface area (Å²) in [4.78, 5) is 13.8. The Hall–Kier alpha value is -1.06. The highest BCUT2D eigenvalue weighted by Gasteiger charge is 2.53. The quantitative estimate of drug-likeness (QED) is 0.849. The fourth-order valence-electron chi connectivity index (χ4n) is 2.57. The molecule has 1 aliphatic heterocycles. The van der Waals surface area contributed by atoms with Gasteiger partial charge in [-0.25, -0.2) is 0 Å². The number of benzene rings is 1. The second kappa shape index (κ2) is 4.25. The number of carbonyl (C=O) groups excluding carboxylic acids is 1. The highest BCUT2D eigenvalue weighted by Crippen LogP contribution is 2.45. The monoisotopic (exact) mass is 265 g/mol. The van der Waals surface area contributed by atoms with Gasteiger partial charge in [0.05, 0.1) is 13.1 Å². The first-order valence-corrected chi connectivity index (χ1v) is 6.74. The highest BCUT2D eigenvalue weighted by molar-refractivity contribution is 6.30. The molecule has 0 bridgehead atoms. The third-order valence-corrected chi connectivity index (χ3v) is 4.33. The molecule has 4 heteroatoms. The Morgan fingerprint density at radius 1 is 1.33 bits per heavy atom. The molecule has 0 radical (unpaired) electrons. The van der Waals surface area contributed by atoms with Gasteiger partial charge < -0.3 is 10.0 Å². The summed E-state index contributed by atoms with van der Waals surface area (Å²) in [5.41, 5.74) is 0.175. The number of β-amino-alcohol motifs (C(OH)–C–C–N with tert-alkyl or cyclic N) is 1. The molecule has 2 aliphatic rings. The van der Waals surface area contributed by atoms with Gasteiger partial charge in [0.25, 0.3) is 0 Å². The topological polar surface area (TPSA) is 40.5 Å². The summed E-state index contributed by atoms with van der Waals surface area (Å²) in [5, 5.41) is 9.54. The second-order valence-corrected chi connectivity index (χ2v) is 5.78. The molecule has 1 saturated carbocycles. The molecule has 1 aliphatic carbocycles. The minimum atomic E-state index is -0.644. The van der Waals surface area contributed by atoms with Crippen LogP contribution >= 0.6 is 11.6 Å². The molecule has 18 heavy (non-hydrogen) atoms. The van der Waals surface area contributed by atoms with E-state index in [1.807, 2.05) is 30.3 Å². The fraction of sp³-hybridized carbons (Fsp3) is 0.500. The molecule has 0 spiro atoms. The van der Waals surface area contributed by atoms with Crippen LogP contribution in [0.3, 0.4) is 0 Å². The van der Waals surface area contributed by atoms with Crippen LogP contribution in [0, 0.1) is 5.92 Å². The van der Waals surface area contributed by atoms with Crippen LogP contribution in [0.1, 0.15) is 23.8 Å². The molecular weight excluding hydrogens is 250 g/mol. The van der Waals surface area contributed by atoms with Crippen LogP contribution < -0.4 is 0 Å². The second-order valence-electron chi connectivity index (χ2n) is 5.35. The zero-order valence-corrected chi connectivity index (χ0v) is 10.8. The number of halogens is 1. The maximum absolute atomic E-state index is 12.1. The van der Waals surface area contributed by atoms with Crippen molar-refractivity contribution in [1.29, 1.82) is 0 Å². The van der Waals surface area contributed by atoms with Crippen LogP contribution in [0.2, 0.25) is 0 Å². The number of rotatable bonds is 3. The van der Waals surface area contributed by atoms with Gasteiger partial charge in [0.2, 0.25) is 5.91 Å². The number of carbonyl (C=O) groups is 1. The molecule has 1 aromatic rings. The zero-order valence-electron chi connectivity index (χ0n) is 10.1. The van der Waals surface area contributed by atoms with E-state index in [1.54, 1.807) is 4.90 Å². The van der Waals surface area contributed by atoms with Crippen LogP contribution in [0.15, 0.2) is 30.3 Å². The lowest BCUT2D eigenvalue weighted by Gasteiger charge is -2.47. The van der Waals surface area contributed by atoms with E-state index in [0.29, 0.717) is 19.0 Å². The molecule has 1 heterocycles. The van der Waals surface area contributed by atoms with Crippen LogP contribution in [0.4, 0.5) is 0 Å². The standard InChI is InChI=1S/C14H16ClNO2/c15-12(10-4-2-1-3-5-10)13(17)16-8-14(18,9-16)11-6-7-11/h1-5,11-12,18H,6-9H2. The molecule has 0 aromatic heterocycles. The Labute approximate surface area is 111 Å². The molecule has 1 unspecified atom stereocenters. The summed E-state index contributed by atoms with van der Waals surface area (Å²) in [7, 11) is 0. The SMILES string of the molecule is O=C(C(Cl)c1ccccc1)N1CC(O)(C2CC2)C1. The molecule has 1 amide bonds. The smallest absolute Gasteiger partial charge is 0.245 e. The molecule has 3 rings (SSSR count). The van der Waals surface area contributed by atoms with E-state index in [-0.39, 0.29) is 5.91 Å². The van der Waals surface area contributed by atoms with E-state index < -0.39 is 11.0 Å². The zero-order chi connectivity index (χ0) is 12.8. The third kappa shape index (κ3) is 2.02. The Morgan fingerprint density at radius 3 is 2.50 bits per heavy atom. The number of alkyl halides is 1. The van der Waals surface area contributed by atoms with Crippen molar-refractivity contribution >= 4 is 17.5 Å². The average molecular weight is 266 g/mol. The van der Waals surface area contributed by atoms with Crippen molar-refractivity contribution in [1.82, 2.24) is 4.90 Å². The summed E-state index contributed by atoms with van der Waals surface area (Å²) in [6, 6.07) is 9.33. The van der Waals surface area contributed by atoms with Crippen molar-refractivity contribution in [3.8, 4) is 0 Å². The molecule has 2 fully saturated rings. The van der Waals surface area contributed by atoms with E-state index >= 15 is 0 Å². The van der Waals surface area contributed by atoms with Crippen LogP contribution in [0.5, 0.6) is 0 Å². The first-order valence-electron chi connectivity index (χ1n) is 6.30. The number of likely N-dealkylation sites (tertiary alicyclic amines) is 1. The van der Waals surface area contributed by atoms with E-state index in [4.69, 9.17) is 11.6 Å². The fourth-order valence-corrected chi connectivity index (χ4v) is 2.86. The first kappa shape index (κ1) is 12.0. The van der Waals surface area contributed by atoms with Crippen LogP contribution in [0.25, 0.3) is 0 Å². The van der Waals surface area contributed by atoms with Crippen molar-refractivity contribution in [2.75, 3.05) is 13.1 Å². The number of hydrogen-bond donors (Lipinski definition) is 1. The summed E-state index contributed by atoms with van der Waals surface area (Å²) in [5.74, 6) is 0.292. The largest absolute Gasteiger partial charge is 0.386 e. The van der Waals surface area contributed by atoms with Crippen molar-refractivity contribution < 1.29 is 9.90 Å². The summed E-state index contributed by atoms with van der Waals surface area (Å²) < 4.78 is 0. The predicted octanol–water partition coefficient (Wildman–Crippen LogP) is 1.95. The van der Waals surface area contributed by atoms with Crippen molar-refractivity contribution in [3.05, 3.63) is 35.9 Å². The number of hydrogen-bond acceptors (Lipinski definition) is 2. The van der Waals surface area contributed by atoms with E-state index in [2.05, 4.69) is 0 Å². The predicted molar refractivity (Wildman–Crippen MR) is 69.3 cm³/mol. The van der Waals surface area contributed by atoms with Gasteiger partial charge in [0, 0.05) is 0 Å². The normalized spacial score (nSPS) is 23.3. The van der Waals surface area contributed by atoms with Gasteiger partial charge >= 0.3 is 0 Å². The summed E-state index contributed by atoms with van der Waals surface area (Å²) in [6.45, 7) is 0.874. The third-order valence-electron chi connectivity index (χ3n) is 3.89. The Kier molecular flexibility index (Phi) is 2.83. The highest BCUT2D eigenvalue weighted by atomic mass is 35.5. The number of nitrogens with zero attached hydrogens (tertiary/aromatic N) is 1. The van der Waals surface area contributed by atoms with Gasteiger partial charge in [-0.1, -0.05) is 30.3 Å². The van der Waals surface area contributed by atoms with Gasteiger partial charge in [0.15, 0.2) is 0 Å². The van der Waals surface area contributed by atoms with Crippen molar-refractivity contribution in [2.45, 2.75) is 23.8 Å². The molecular formula is C14H16ClNO2. The molecule has 1 N–H and O–H groups in total. The molecule has 96 valence electrons. The average Bonchev–Trinajstić information content (AvgIpc) is 3.19. The molecule has 1 saturated heterocycles. The van der Waals surface area contributed by atoms with E-state index in [0.717, 1.165) is 18.4 Å². The van der Waals surface area contributed by atoms with Gasteiger partial charge in [-0.05, 0) is 24.3 Å². The minimum absolute atomic E-state index is 0.104. The number of amides is 1. The lowest BCUT2D eigenvalue weighted by atomic mass is 9.88. The molecule has 1 atom stereocenters. The Bertz CT molecular complexity index is 452. The van der Waals surface area contributed by atoms with Gasteiger partial charge in [-0.15, -0.1) is 11.6 Å². The molecule has 1 aromatic carbocycles. The van der Waals surface area contributed by atoms with Gasteiger partial charge in [-0.2, -0.15) is 0 Å². The summed E-state index contributed by atoms with van der Waals surface area (Å²) >= 11 is 6.18. The van der Waals surface area contributed by atoms with Gasteiger partial charge in [0.1, 0.15) is 11.0 Å². The van der Waals surface area contributed by atoms with Crippen molar-refractivity contribution in [2.24, 2.45) is 5.92 Å². The van der Waals surface area contributed by atoms with Crippen molar-refractivity contribution in [3.63, 3.8) is 0 Å². The Morgan fingerprint density at radius 2 is 1.94 bits per heavy atom. The van der Waals surface area contributed by atoms with Gasteiger partial charge in [-0.3, -0.25) is 4.79 Å². The Balaban J connectivity index is 1.63. The summed E-state index contributed by atoms with van der Waals surface area (Å²) in [6.07, 6.45) is 2.17. The van der Waals surface area contributed by atoms with Crippen LogP contribution in [-0.4, -0.2) is 34.6 Å².